The number of fused-ring (bicyclic) bond motifs is 1. The third kappa shape index (κ3) is 4.31. The summed E-state index contributed by atoms with van der Waals surface area (Å²) in [7, 11) is 0. The van der Waals surface area contributed by atoms with E-state index in [0.29, 0.717) is 24.7 Å². The minimum absolute atomic E-state index is 0.175. The summed E-state index contributed by atoms with van der Waals surface area (Å²) in [6, 6.07) is 0. The largest absolute Gasteiger partial charge is 0.342 e. The molecule has 24 heavy (non-hydrogen) atoms. The Morgan fingerprint density at radius 1 is 0.792 bits per heavy atom. The molecule has 0 radical (unpaired) electrons. The van der Waals surface area contributed by atoms with Crippen LogP contribution in [0.3, 0.4) is 0 Å². The molecule has 0 aromatic carbocycles. The second-order valence-electron chi connectivity index (χ2n) is 8.68. The highest BCUT2D eigenvalue weighted by atomic mass is 16.2. The van der Waals surface area contributed by atoms with Crippen molar-refractivity contribution in [2.45, 2.75) is 65.2 Å². The van der Waals surface area contributed by atoms with Gasteiger partial charge in [-0.3, -0.25) is 9.59 Å². The van der Waals surface area contributed by atoms with Crippen LogP contribution in [0.5, 0.6) is 0 Å². The van der Waals surface area contributed by atoms with Crippen LogP contribution in [-0.4, -0.2) is 47.8 Å². The van der Waals surface area contributed by atoms with Crippen molar-refractivity contribution in [3.63, 3.8) is 0 Å². The van der Waals surface area contributed by atoms with E-state index >= 15 is 0 Å². The van der Waals surface area contributed by atoms with Gasteiger partial charge in [0.25, 0.3) is 0 Å². The molecule has 0 aromatic heterocycles. The molecule has 4 unspecified atom stereocenters. The Labute approximate surface area is 146 Å². The van der Waals surface area contributed by atoms with Gasteiger partial charge in [-0.2, -0.15) is 0 Å². The summed E-state index contributed by atoms with van der Waals surface area (Å²) in [5, 5.41) is 0. The van der Waals surface area contributed by atoms with Crippen molar-refractivity contribution < 1.29 is 9.59 Å². The number of likely N-dealkylation sites (tertiary alicyclic amines) is 2. The molecule has 4 heteroatoms. The summed E-state index contributed by atoms with van der Waals surface area (Å²) < 4.78 is 0. The molecule has 3 fully saturated rings. The highest BCUT2D eigenvalue weighted by Crippen LogP contribution is 2.36. The molecule has 2 amide bonds. The van der Waals surface area contributed by atoms with Crippen LogP contribution in [0.4, 0.5) is 0 Å². The van der Waals surface area contributed by atoms with Gasteiger partial charge in [0, 0.05) is 39.0 Å². The Kier molecular flexibility index (Phi) is 5.83. The number of hydrogen-bond donors (Lipinski definition) is 0. The van der Waals surface area contributed by atoms with Crippen molar-refractivity contribution in [1.82, 2.24) is 9.80 Å². The lowest BCUT2D eigenvalue weighted by molar-refractivity contribution is -0.140. The maximum atomic E-state index is 12.5. The predicted octanol–water partition coefficient (Wildman–Crippen LogP) is 3.31. The molecule has 2 saturated heterocycles. The number of carbonyl (C=O) groups excluding carboxylic acids is 2. The van der Waals surface area contributed by atoms with Crippen molar-refractivity contribution in [3.8, 4) is 0 Å². The molecule has 1 saturated carbocycles. The van der Waals surface area contributed by atoms with Gasteiger partial charge in [0.2, 0.25) is 11.8 Å². The monoisotopic (exact) mass is 334 g/mol. The number of amides is 2. The van der Waals surface area contributed by atoms with Crippen LogP contribution in [0.2, 0.25) is 0 Å². The molecule has 3 aliphatic rings. The number of hydrogen-bond acceptors (Lipinski definition) is 2. The first-order valence-electron chi connectivity index (χ1n) is 10.1. The SMILES string of the molecule is CC1CC(C)CN(C(=O)CCC(=O)N2CCC3CCCCC3C2)C1. The third-order valence-corrected chi connectivity index (χ3v) is 6.42. The fourth-order valence-corrected chi connectivity index (χ4v) is 5.22. The van der Waals surface area contributed by atoms with Gasteiger partial charge >= 0.3 is 0 Å². The molecule has 4 nitrogen and oxygen atoms in total. The van der Waals surface area contributed by atoms with Crippen molar-refractivity contribution >= 4 is 11.8 Å². The Morgan fingerprint density at radius 3 is 2.04 bits per heavy atom. The van der Waals surface area contributed by atoms with Gasteiger partial charge in [-0.25, -0.2) is 0 Å². The van der Waals surface area contributed by atoms with Crippen LogP contribution in [-0.2, 0) is 9.59 Å². The van der Waals surface area contributed by atoms with E-state index < -0.39 is 0 Å². The Bertz CT molecular complexity index is 455. The van der Waals surface area contributed by atoms with Gasteiger partial charge in [0.1, 0.15) is 0 Å². The first kappa shape index (κ1) is 17.8. The Hall–Kier alpha value is -1.06. The number of carbonyl (C=O) groups is 2. The van der Waals surface area contributed by atoms with E-state index in [-0.39, 0.29) is 11.8 Å². The van der Waals surface area contributed by atoms with Gasteiger partial charge < -0.3 is 9.80 Å². The quantitative estimate of drug-likeness (QED) is 0.794. The van der Waals surface area contributed by atoms with Crippen molar-refractivity contribution in [2.75, 3.05) is 26.2 Å². The summed E-state index contributed by atoms with van der Waals surface area (Å²) in [6.45, 7) is 8.02. The highest BCUT2D eigenvalue weighted by Gasteiger charge is 2.33. The summed E-state index contributed by atoms with van der Waals surface area (Å²) in [5.74, 6) is 3.11. The number of piperidine rings is 2. The first-order valence-corrected chi connectivity index (χ1v) is 10.1. The van der Waals surface area contributed by atoms with Crippen LogP contribution in [0.15, 0.2) is 0 Å². The van der Waals surface area contributed by atoms with Crippen LogP contribution >= 0.6 is 0 Å². The van der Waals surface area contributed by atoms with E-state index in [1.54, 1.807) is 0 Å². The van der Waals surface area contributed by atoms with Crippen molar-refractivity contribution in [3.05, 3.63) is 0 Å². The molecule has 0 spiro atoms. The number of nitrogens with zero attached hydrogens (tertiary/aromatic N) is 2. The zero-order valence-electron chi connectivity index (χ0n) is 15.5. The van der Waals surface area contributed by atoms with Gasteiger partial charge in [-0.1, -0.05) is 33.1 Å². The fourth-order valence-electron chi connectivity index (χ4n) is 5.22. The smallest absolute Gasteiger partial charge is 0.223 e. The molecule has 4 atom stereocenters. The lowest BCUT2D eigenvalue weighted by Crippen LogP contribution is -2.45. The van der Waals surface area contributed by atoms with E-state index in [1.807, 2.05) is 9.80 Å². The minimum Gasteiger partial charge on any atom is -0.342 e. The second kappa shape index (κ2) is 7.88. The maximum Gasteiger partial charge on any atom is 0.223 e. The molecule has 3 rings (SSSR count). The van der Waals surface area contributed by atoms with Crippen LogP contribution < -0.4 is 0 Å². The highest BCUT2D eigenvalue weighted by molar-refractivity contribution is 5.84. The van der Waals surface area contributed by atoms with Crippen LogP contribution in [0.1, 0.15) is 65.2 Å². The molecule has 2 aliphatic heterocycles. The summed E-state index contributed by atoms with van der Waals surface area (Å²) >= 11 is 0. The summed E-state index contributed by atoms with van der Waals surface area (Å²) in [4.78, 5) is 29.0. The normalized spacial score (nSPS) is 33.9. The molecular weight excluding hydrogens is 300 g/mol. The van der Waals surface area contributed by atoms with E-state index in [0.717, 1.165) is 38.0 Å². The first-order chi connectivity index (χ1) is 11.5. The topological polar surface area (TPSA) is 40.6 Å². The Morgan fingerprint density at radius 2 is 1.38 bits per heavy atom. The molecule has 2 heterocycles. The van der Waals surface area contributed by atoms with Gasteiger partial charge in [0.15, 0.2) is 0 Å². The summed E-state index contributed by atoms with van der Waals surface area (Å²) in [6.07, 6.45) is 8.51. The zero-order chi connectivity index (χ0) is 17.1. The molecule has 0 aromatic rings. The van der Waals surface area contributed by atoms with Crippen molar-refractivity contribution in [2.24, 2.45) is 23.7 Å². The average Bonchev–Trinajstić information content (AvgIpc) is 2.58. The van der Waals surface area contributed by atoms with E-state index in [2.05, 4.69) is 13.8 Å². The van der Waals surface area contributed by atoms with Crippen LogP contribution in [0, 0.1) is 23.7 Å². The van der Waals surface area contributed by atoms with E-state index in [9.17, 15) is 9.59 Å². The van der Waals surface area contributed by atoms with Gasteiger partial charge in [-0.05, 0) is 42.9 Å². The Balaban J connectivity index is 1.44. The van der Waals surface area contributed by atoms with Crippen molar-refractivity contribution in [1.29, 1.82) is 0 Å². The zero-order valence-corrected chi connectivity index (χ0v) is 15.5. The maximum absolute atomic E-state index is 12.5. The lowest BCUT2D eigenvalue weighted by atomic mass is 9.75. The van der Waals surface area contributed by atoms with E-state index in [4.69, 9.17) is 0 Å². The van der Waals surface area contributed by atoms with Gasteiger partial charge in [-0.15, -0.1) is 0 Å². The lowest BCUT2D eigenvalue weighted by Gasteiger charge is -2.41. The fraction of sp³-hybridized carbons (Fsp3) is 0.900. The van der Waals surface area contributed by atoms with Gasteiger partial charge in [0.05, 0.1) is 0 Å². The molecular formula is C20H34N2O2. The third-order valence-electron chi connectivity index (χ3n) is 6.42. The minimum atomic E-state index is 0.175. The molecule has 0 N–H and O–H groups in total. The number of rotatable bonds is 3. The molecule has 136 valence electrons. The average molecular weight is 335 g/mol. The standard InChI is InChI=1S/C20H34N2O2/c1-15-11-16(2)13-22(12-15)20(24)8-7-19(23)21-10-9-17-5-3-4-6-18(17)14-21/h15-18H,3-14H2,1-2H3. The summed E-state index contributed by atoms with van der Waals surface area (Å²) in [5.41, 5.74) is 0. The second-order valence-corrected chi connectivity index (χ2v) is 8.68. The molecule has 1 aliphatic carbocycles. The van der Waals surface area contributed by atoms with Crippen LogP contribution in [0.25, 0.3) is 0 Å². The van der Waals surface area contributed by atoms with E-state index in [1.165, 1.54) is 38.5 Å². The predicted molar refractivity (Wildman–Crippen MR) is 95.4 cm³/mol. The molecule has 0 bridgehead atoms.